The van der Waals surface area contributed by atoms with Gasteiger partial charge in [0.15, 0.2) is 0 Å². The molecule has 94 valence electrons. The number of benzene rings is 1. The molecular weight excluding hydrogens is 281 g/mol. The van der Waals surface area contributed by atoms with Gasteiger partial charge in [0.05, 0.1) is 4.47 Å². The van der Waals surface area contributed by atoms with Gasteiger partial charge in [0.1, 0.15) is 5.82 Å². The largest absolute Gasteiger partial charge is 0.382 e. The van der Waals surface area contributed by atoms with Crippen LogP contribution in [-0.4, -0.2) is 6.04 Å². The van der Waals surface area contributed by atoms with E-state index in [0.29, 0.717) is 22.4 Å². The SMILES string of the molecule is CC1CCCC(C)C1Nc1ccc(F)c(Br)c1. The van der Waals surface area contributed by atoms with Gasteiger partial charge in [-0.1, -0.05) is 20.3 Å². The Morgan fingerprint density at radius 2 is 1.88 bits per heavy atom. The molecule has 0 saturated heterocycles. The maximum absolute atomic E-state index is 13.2. The molecule has 0 bridgehead atoms. The van der Waals surface area contributed by atoms with Gasteiger partial charge in [-0.15, -0.1) is 0 Å². The number of hydrogen-bond acceptors (Lipinski definition) is 1. The van der Waals surface area contributed by atoms with Crippen LogP contribution in [0.4, 0.5) is 10.1 Å². The summed E-state index contributed by atoms with van der Waals surface area (Å²) in [6, 6.07) is 5.64. The molecule has 2 unspecified atom stereocenters. The summed E-state index contributed by atoms with van der Waals surface area (Å²) in [5.41, 5.74) is 1.00. The van der Waals surface area contributed by atoms with Crippen molar-refractivity contribution in [2.45, 2.75) is 39.2 Å². The van der Waals surface area contributed by atoms with E-state index in [0.717, 1.165) is 5.69 Å². The van der Waals surface area contributed by atoms with E-state index in [2.05, 4.69) is 35.1 Å². The highest BCUT2D eigenvalue weighted by Crippen LogP contribution is 2.32. The first-order valence-electron chi connectivity index (χ1n) is 6.29. The first-order chi connectivity index (χ1) is 8.08. The maximum atomic E-state index is 13.2. The predicted molar refractivity (Wildman–Crippen MR) is 73.7 cm³/mol. The summed E-state index contributed by atoms with van der Waals surface area (Å²) >= 11 is 3.23. The first-order valence-corrected chi connectivity index (χ1v) is 7.09. The zero-order chi connectivity index (χ0) is 12.4. The molecule has 1 fully saturated rings. The maximum Gasteiger partial charge on any atom is 0.137 e. The van der Waals surface area contributed by atoms with Gasteiger partial charge in [0.2, 0.25) is 0 Å². The molecule has 0 heterocycles. The van der Waals surface area contributed by atoms with Gasteiger partial charge in [-0.25, -0.2) is 4.39 Å². The molecule has 0 radical (unpaired) electrons. The molecule has 1 aliphatic rings. The fourth-order valence-corrected chi connectivity index (χ4v) is 3.12. The van der Waals surface area contributed by atoms with Crippen LogP contribution in [0.15, 0.2) is 22.7 Å². The summed E-state index contributed by atoms with van der Waals surface area (Å²) in [5, 5.41) is 3.55. The van der Waals surface area contributed by atoms with Crippen molar-refractivity contribution in [3.05, 3.63) is 28.5 Å². The zero-order valence-corrected chi connectivity index (χ0v) is 11.9. The van der Waals surface area contributed by atoms with Crippen LogP contribution >= 0.6 is 15.9 Å². The van der Waals surface area contributed by atoms with E-state index in [1.165, 1.54) is 25.3 Å². The van der Waals surface area contributed by atoms with Gasteiger partial charge in [-0.3, -0.25) is 0 Å². The molecule has 2 atom stereocenters. The third-order valence-electron chi connectivity index (χ3n) is 3.80. The van der Waals surface area contributed by atoms with E-state index in [-0.39, 0.29) is 5.82 Å². The topological polar surface area (TPSA) is 12.0 Å². The van der Waals surface area contributed by atoms with Gasteiger partial charge in [0, 0.05) is 11.7 Å². The molecule has 3 heteroatoms. The lowest BCUT2D eigenvalue weighted by Crippen LogP contribution is -2.37. The summed E-state index contributed by atoms with van der Waals surface area (Å²) in [4.78, 5) is 0. The third kappa shape index (κ3) is 3.01. The van der Waals surface area contributed by atoms with Crippen LogP contribution < -0.4 is 5.32 Å². The van der Waals surface area contributed by atoms with Crippen LogP contribution in [0.3, 0.4) is 0 Å². The first kappa shape index (κ1) is 12.9. The molecule has 1 saturated carbocycles. The van der Waals surface area contributed by atoms with Crippen molar-refractivity contribution in [3.63, 3.8) is 0 Å². The van der Waals surface area contributed by atoms with Gasteiger partial charge in [-0.2, -0.15) is 0 Å². The molecule has 1 nitrogen and oxygen atoms in total. The number of anilines is 1. The summed E-state index contributed by atoms with van der Waals surface area (Å²) in [5.74, 6) is 1.16. The lowest BCUT2D eigenvalue weighted by molar-refractivity contribution is 0.268. The normalized spacial score (nSPS) is 29.1. The van der Waals surface area contributed by atoms with Gasteiger partial charge < -0.3 is 5.32 Å². The average Bonchev–Trinajstić information content (AvgIpc) is 2.28. The lowest BCUT2D eigenvalue weighted by atomic mass is 9.78. The van der Waals surface area contributed by atoms with Gasteiger partial charge in [-0.05, 0) is 58.8 Å². The monoisotopic (exact) mass is 299 g/mol. The second-order valence-corrected chi connectivity index (χ2v) is 6.04. The predicted octanol–water partition coefficient (Wildman–Crippen LogP) is 4.82. The van der Waals surface area contributed by atoms with Crippen LogP contribution in [0, 0.1) is 17.7 Å². The molecule has 17 heavy (non-hydrogen) atoms. The summed E-state index contributed by atoms with van der Waals surface area (Å²) in [7, 11) is 0. The quantitative estimate of drug-likeness (QED) is 0.825. The second-order valence-electron chi connectivity index (χ2n) is 5.18. The molecule has 0 aliphatic heterocycles. The standard InChI is InChI=1S/C14H19BrFN/c1-9-4-3-5-10(2)14(9)17-11-6-7-13(16)12(15)8-11/h6-10,14,17H,3-5H2,1-2H3. The third-order valence-corrected chi connectivity index (χ3v) is 4.41. The molecule has 1 N–H and O–H groups in total. The number of hydrogen-bond donors (Lipinski definition) is 1. The van der Waals surface area contributed by atoms with E-state index in [1.807, 2.05) is 12.1 Å². The van der Waals surface area contributed by atoms with Crippen LogP contribution in [0.25, 0.3) is 0 Å². The van der Waals surface area contributed by atoms with Crippen molar-refractivity contribution in [1.82, 2.24) is 0 Å². The van der Waals surface area contributed by atoms with Crippen molar-refractivity contribution in [1.29, 1.82) is 0 Å². The Kier molecular flexibility index (Phi) is 4.08. The minimum atomic E-state index is -0.208. The zero-order valence-electron chi connectivity index (χ0n) is 10.3. The van der Waals surface area contributed by atoms with Crippen LogP contribution in [0.5, 0.6) is 0 Å². The van der Waals surface area contributed by atoms with E-state index < -0.39 is 0 Å². The number of rotatable bonds is 2. The van der Waals surface area contributed by atoms with Crippen molar-refractivity contribution < 1.29 is 4.39 Å². The van der Waals surface area contributed by atoms with E-state index in [9.17, 15) is 4.39 Å². The smallest absolute Gasteiger partial charge is 0.137 e. The minimum Gasteiger partial charge on any atom is -0.382 e. The molecule has 1 aromatic carbocycles. The lowest BCUT2D eigenvalue weighted by Gasteiger charge is -2.36. The summed E-state index contributed by atoms with van der Waals surface area (Å²) < 4.78 is 13.7. The summed E-state index contributed by atoms with van der Waals surface area (Å²) in [6.45, 7) is 4.60. The Morgan fingerprint density at radius 3 is 2.47 bits per heavy atom. The van der Waals surface area contributed by atoms with Crippen molar-refractivity contribution >= 4 is 21.6 Å². The van der Waals surface area contributed by atoms with E-state index >= 15 is 0 Å². The molecule has 0 amide bonds. The average molecular weight is 300 g/mol. The molecule has 0 aromatic heterocycles. The Balaban J connectivity index is 2.10. The molecule has 1 aliphatic carbocycles. The van der Waals surface area contributed by atoms with Crippen molar-refractivity contribution in [3.8, 4) is 0 Å². The second kappa shape index (κ2) is 5.38. The van der Waals surface area contributed by atoms with Crippen molar-refractivity contribution in [2.24, 2.45) is 11.8 Å². The highest BCUT2D eigenvalue weighted by Gasteiger charge is 2.27. The van der Waals surface area contributed by atoms with E-state index in [4.69, 9.17) is 0 Å². The Bertz CT molecular complexity index is 384. The molecule has 0 spiro atoms. The molecular formula is C14H19BrFN. The molecule has 1 aromatic rings. The highest BCUT2D eigenvalue weighted by molar-refractivity contribution is 9.10. The number of halogens is 2. The van der Waals surface area contributed by atoms with Gasteiger partial charge >= 0.3 is 0 Å². The van der Waals surface area contributed by atoms with Gasteiger partial charge in [0.25, 0.3) is 0 Å². The Morgan fingerprint density at radius 1 is 1.24 bits per heavy atom. The van der Waals surface area contributed by atoms with E-state index in [1.54, 1.807) is 0 Å². The Hall–Kier alpha value is -0.570. The fraction of sp³-hybridized carbons (Fsp3) is 0.571. The Labute approximate surface area is 111 Å². The summed E-state index contributed by atoms with van der Waals surface area (Å²) in [6.07, 6.45) is 3.89. The van der Waals surface area contributed by atoms with Crippen LogP contribution in [0.1, 0.15) is 33.1 Å². The molecule has 2 rings (SSSR count). The number of nitrogens with one attached hydrogen (secondary N) is 1. The fourth-order valence-electron chi connectivity index (χ4n) is 2.74. The van der Waals surface area contributed by atoms with Crippen LogP contribution in [0.2, 0.25) is 0 Å². The minimum absolute atomic E-state index is 0.208. The van der Waals surface area contributed by atoms with Crippen LogP contribution in [-0.2, 0) is 0 Å². The highest BCUT2D eigenvalue weighted by atomic mass is 79.9. The van der Waals surface area contributed by atoms with Crippen molar-refractivity contribution in [2.75, 3.05) is 5.32 Å².